The molecule has 3 aromatic rings. The Morgan fingerprint density at radius 3 is 1.75 bits per heavy atom. The minimum atomic E-state index is -0.990. The molecule has 0 saturated heterocycles. The third-order valence-corrected chi connectivity index (χ3v) is 7.53. The van der Waals surface area contributed by atoms with Gasteiger partial charge in [-0.15, -0.1) is 0 Å². The smallest absolute Gasteiger partial charge is 0.307 e. The maximum Gasteiger partial charge on any atom is 0.307 e. The van der Waals surface area contributed by atoms with Gasteiger partial charge in [0.15, 0.2) is 5.60 Å². The zero-order chi connectivity index (χ0) is 28.3. The summed E-state index contributed by atoms with van der Waals surface area (Å²) < 4.78 is 6.46. The van der Waals surface area contributed by atoms with E-state index >= 15 is 0 Å². The molecule has 0 bridgehead atoms. The first-order chi connectivity index (χ1) is 19.7. The second-order valence-electron chi connectivity index (χ2n) is 10.8. The molecule has 0 saturated carbocycles. The van der Waals surface area contributed by atoms with Gasteiger partial charge in [-0.3, -0.25) is 4.79 Å². The van der Waals surface area contributed by atoms with Crippen molar-refractivity contribution in [3.05, 3.63) is 120 Å². The van der Waals surface area contributed by atoms with E-state index in [1.807, 2.05) is 91.0 Å². The summed E-state index contributed by atoms with van der Waals surface area (Å²) in [5, 5.41) is 10.1. The molecule has 40 heavy (non-hydrogen) atoms. The predicted molar refractivity (Wildman–Crippen MR) is 166 cm³/mol. The number of rotatable bonds is 19. The Labute approximate surface area is 242 Å². The van der Waals surface area contributed by atoms with Crippen molar-refractivity contribution in [1.82, 2.24) is 0 Å². The minimum Gasteiger partial charge on any atom is -0.444 e. The molecule has 0 aliphatic carbocycles. The van der Waals surface area contributed by atoms with Crippen molar-refractivity contribution in [2.24, 2.45) is 0 Å². The Morgan fingerprint density at radius 1 is 0.700 bits per heavy atom. The summed E-state index contributed by atoms with van der Waals surface area (Å²) in [5.41, 5.74) is 1.84. The van der Waals surface area contributed by atoms with Crippen molar-refractivity contribution in [2.45, 2.75) is 102 Å². The molecular weight excluding hydrogens is 492 g/mol. The lowest BCUT2D eigenvalue weighted by Crippen LogP contribution is -2.35. The van der Waals surface area contributed by atoms with Gasteiger partial charge in [-0.2, -0.15) is 0 Å². The standard InChI is InChI=1S/C37H48O3/c1-2-3-4-20-29-35(38)30-21-9-7-5-6-8-10-22-31-36(39)40-37(32-23-14-11-15-24-32,33-25-16-12-17-26-33)34-27-18-13-19-28-34/h9,11-19,21,23-28,35,38H,2-8,10,20,22,29-31H2,1H3/b21-9-/t35-/m1/s1. The summed E-state index contributed by atoms with van der Waals surface area (Å²) in [6.07, 6.45) is 17.4. The van der Waals surface area contributed by atoms with Crippen LogP contribution < -0.4 is 0 Å². The summed E-state index contributed by atoms with van der Waals surface area (Å²) in [5.74, 6) is -0.173. The second kappa shape index (κ2) is 18.2. The van der Waals surface area contributed by atoms with E-state index in [0.717, 1.165) is 74.5 Å². The first kappa shape index (κ1) is 31.4. The third kappa shape index (κ3) is 10.1. The SMILES string of the molecule is CCCCCC[C@@H](O)C/C=C\CCCCCCCC(=O)OC(c1ccccc1)(c1ccccc1)c1ccccc1. The predicted octanol–water partition coefficient (Wildman–Crippen LogP) is 9.53. The van der Waals surface area contributed by atoms with Crippen LogP contribution in [0, 0.1) is 0 Å². The summed E-state index contributed by atoms with van der Waals surface area (Å²) in [6, 6.07) is 30.2. The maximum absolute atomic E-state index is 13.3. The molecule has 3 heteroatoms. The highest BCUT2D eigenvalue weighted by Crippen LogP contribution is 2.40. The monoisotopic (exact) mass is 540 g/mol. The quantitative estimate of drug-likeness (QED) is 0.0713. The van der Waals surface area contributed by atoms with Crippen LogP contribution >= 0.6 is 0 Å². The van der Waals surface area contributed by atoms with Gasteiger partial charge in [0, 0.05) is 23.1 Å². The Balaban J connectivity index is 1.46. The number of benzene rings is 3. The fraction of sp³-hybridized carbons (Fsp3) is 0.432. The van der Waals surface area contributed by atoms with E-state index in [1.165, 1.54) is 19.3 Å². The molecule has 214 valence electrons. The van der Waals surface area contributed by atoms with Crippen molar-refractivity contribution in [3.8, 4) is 0 Å². The molecule has 0 fully saturated rings. The molecule has 0 heterocycles. The van der Waals surface area contributed by atoms with Crippen LogP contribution in [-0.2, 0) is 15.1 Å². The Hall–Kier alpha value is -3.17. The van der Waals surface area contributed by atoms with Crippen LogP contribution in [-0.4, -0.2) is 17.2 Å². The molecule has 0 aromatic heterocycles. The zero-order valence-corrected chi connectivity index (χ0v) is 24.3. The third-order valence-electron chi connectivity index (χ3n) is 7.53. The fourth-order valence-corrected chi connectivity index (χ4v) is 5.27. The van der Waals surface area contributed by atoms with Gasteiger partial charge in [-0.05, 0) is 32.1 Å². The van der Waals surface area contributed by atoms with Crippen LogP contribution in [0.4, 0.5) is 0 Å². The molecule has 0 aliphatic heterocycles. The van der Waals surface area contributed by atoms with E-state index in [4.69, 9.17) is 4.74 Å². The van der Waals surface area contributed by atoms with Crippen LogP contribution in [0.5, 0.6) is 0 Å². The van der Waals surface area contributed by atoms with E-state index in [-0.39, 0.29) is 12.1 Å². The Kier molecular flexibility index (Phi) is 14.3. The highest BCUT2D eigenvalue weighted by molar-refractivity contribution is 5.72. The number of aliphatic hydroxyl groups is 1. The molecule has 1 N–H and O–H groups in total. The molecule has 3 aromatic carbocycles. The Morgan fingerprint density at radius 2 is 1.20 bits per heavy atom. The lowest BCUT2D eigenvalue weighted by Gasteiger charge is -2.35. The van der Waals surface area contributed by atoms with Crippen LogP contribution in [0.3, 0.4) is 0 Å². The molecule has 0 unspecified atom stereocenters. The van der Waals surface area contributed by atoms with Gasteiger partial charge in [-0.25, -0.2) is 0 Å². The normalized spacial score (nSPS) is 12.4. The minimum absolute atomic E-state index is 0.173. The van der Waals surface area contributed by atoms with Crippen LogP contribution in [0.15, 0.2) is 103 Å². The van der Waals surface area contributed by atoms with Gasteiger partial charge >= 0.3 is 5.97 Å². The second-order valence-corrected chi connectivity index (χ2v) is 10.8. The van der Waals surface area contributed by atoms with E-state index in [0.29, 0.717) is 6.42 Å². The van der Waals surface area contributed by atoms with Crippen LogP contribution in [0.25, 0.3) is 0 Å². The highest BCUT2D eigenvalue weighted by atomic mass is 16.6. The number of ether oxygens (including phenoxy) is 1. The first-order valence-corrected chi connectivity index (χ1v) is 15.4. The average molecular weight is 541 g/mol. The molecule has 0 aliphatic rings. The molecule has 3 nitrogen and oxygen atoms in total. The van der Waals surface area contributed by atoms with Gasteiger partial charge in [-0.1, -0.05) is 155 Å². The molecule has 0 spiro atoms. The van der Waals surface area contributed by atoms with Gasteiger partial charge in [0.25, 0.3) is 0 Å². The highest BCUT2D eigenvalue weighted by Gasteiger charge is 2.40. The number of carbonyl (C=O) groups excluding carboxylic acids is 1. The lowest BCUT2D eigenvalue weighted by molar-refractivity contribution is -0.153. The number of carbonyl (C=O) groups is 1. The van der Waals surface area contributed by atoms with E-state index in [1.54, 1.807) is 0 Å². The number of allylic oxidation sites excluding steroid dienone is 1. The maximum atomic E-state index is 13.3. The van der Waals surface area contributed by atoms with Gasteiger partial charge in [0.2, 0.25) is 0 Å². The van der Waals surface area contributed by atoms with Crippen molar-refractivity contribution < 1.29 is 14.6 Å². The molecule has 3 rings (SSSR count). The van der Waals surface area contributed by atoms with E-state index < -0.39 is 5.60 Å². The van der Waals surface area contributed by atoms with Gasteiger partial charge < -0.3 is 9.84 Å². The molecular formula is C37H48O3. The Bertz CT molecular complexity index is 995. The summed E-state index contributed by atoms with van der Waals surface area (Å²) in [4.78, 5) is 13.3. The van der Waals surface area contributed by atoms with Gasteiger partial charge in [0.1, 0.15) is 0 Å². The largest absolute Gasteiger partial charge is 0.444 e. The summed E-state index contributed by atoms with van der Waals surface area (Å²) in [7, 11) is 0. The number of unbranched alkanes of at least 4 members (excludes halogenated alkanes) is 8. The van der Waals surface area contributed by atoms with Gasteiger partial charge in [0.05, 0.1) is 6.10 Å². The van der Waals surface area contributed by atoms with E-state index in [2.05, 4.69) is 19.1 Å². The first-order valence-electron chi connectivity index (χ1n) is 15.4. The topological polar surface area (TPSA) is 46.5 Å². The van der Waals surface area contributed by atoms with Crippen molar-refractivity contribution in [2.75, 3.05) is 0 Å². The zero-order valence-electron chi connectivity index (χ0n) is 24.3. The summed E-state index contributed by atoms with van der Waals surface area (Å²) in [6.45, 7) is 2.21. The van der Waals surface area contributed by atoms with Crippen molar-refractivity contribution in [3.63, 3.8) is 0 Å². The number of hydrogen-bond donors (Lipinski definition) is 1. The summed E-state index contributed by atoms with van der Waals surface area (Å²) >= 11 is 0. The number of aliphatic hydroxyl groups excluding tert-OH is 1. The number of hydrogen-bond acceptors (Lipinski definition) is 3. The number of esters is 1. The lowest BCUT2D eigenvalue weighted by atomic mass is 9.80. The average Bonchev–Trinajstić information content (AvgIpc) is 3.00. The van der Waals surface area contributed by atoms with Crippen LogP contribution in [0.2, 0.25) is 0 Å². The molecule has 1 atom stereocenters. The fourth-order valence-electron chi connectivity index (χ4n) is 5.27. The van der Waals surface area contributed by atoms with E-state index in [9.17, 15) is 9.90 Å². The van der Waals surface area contributed by atoms with Crippen LogP contribution in [0.1, 0.15) is 107 Å². The van der Waals surface area contributed by atoms with Crippen molar-refractivity contribution >= 4 is 5.97 Å². The molecule has 0 radical (unpaired) electrons. The molecule has 0 amide bonds. The van der Waals surface area contributed by atoms with Crippen molar-refractivity contribution in [1.29, 1.82) is 0 Å².